The van der Waals surface area contributed by atoms with Crippen LogP contribution in [0.5, 0.6) is 0 Å². The lowest BCUT2D eigenvalue weighted by molar-refractivity contribution is 0.151. The van der Waals surface area contributed by atoms with Gasteiger partial charge in [0, 0.05) is 6.42 Å². The lowest BCUT2D eigenvalue weighted by Gasteiger charge is -2.18. The van der Waals surface area contributed by atoms with Crippen LogP contribution < -0.4 is 4.72 Å². The molecule has 2 atom stereocenters. The average molecular weight is 303 g/mol. The Hall–Kier alpha value is -1.69. The first-order chi connectivity index (χ1) is 9.99. The molecule has 0 radical (unpaired) electrons. The molecule has 0 spiro atoms. The van der Waals surface area contributed by atoms with E-state index in [4.69, 9.17) is 0 Å². The first kappa shape index (κ1) is 14.3. The zero-order valence-corrected chi connectivity index (χ0v) is 12.5. The summed E-state index contributed by atoms with van der Waals surface area (Å²) in [5.74, 6) is 0. The van der Waals surface area contributed by atoms with Crippen molar-refractivity contribution in [2.24, 2.45) is 0 Å². The summed E-state index contributed by atoms with van der Waals surface area (Å²) in [7, 11) is -3.66. The van der Waals surface area contributed by atoms with Crippen LogP contribution in [0.1, 0.15) is 22.7 Å². The SMILES string of the molecule is Cc1ccccc1S(=O)(=O)N[C@@H]1c2ccccc2C[C@@H]1O. The van der Waals surface area contributed by atoms with E-state index in [2.05, 4.69) is 4.72 Å². The summed E-state index contributed by atoms with van der Waals surface area (Å²) >= 11 is 0. The summed E-state index contributed by atoms with van der Waals surface area (Å²) in [6, 6.07) is 13.8. The lowest BCUT2D eigenvalue weighted by Crippen LogP contribution is -2.34. The van der Waals surface area contributed by atoms with Gasteiger partial charge in [0.15, 0.2) is 0 Å². The van der Waals surface area contributed by atoms with E-state index >= 15 is 0 Å². The van der Waals surface area contributed by atoms with Crippen LogP contribution in [0.25, 0.3) is 0 Å². The molecule has 0 saturated carbocycles. The van der Waals surface area contributed by atoms with Gasteiger partial charge in [-0.15, -0.1) is 0 Å². The Morgan fingerprint density at radius 3 is 2.52 bits per heavy atom. The van der Waals surface area contributed by atoms with Crippen molar-refractivity contribution in [3.05, 3.63) is 65.2 Å². The fourth-order valence-corrected chi connectivity index (χ4v) is 4.30. The summed E-state index contributed by atoms with van der Waals surface area (Å²) in [6.07, 6.45) is -0.266. The predicted octanol–water partition coefficient (Wildman–Crippen LogP) is 1.93. The number of fused-ring (bicyclic) bond motifs is 1. The number of sulfonamides is 1. The van der Waals surface area contributed by atoms with Crippen LogP contribution in [0, 0.1) is 6.92 Å². The molecule has 2 aromatic rings. The molecule has 3 rings (SSSR count). The molecule has 1 aliphatic rings. The van der Waals surface area contributed by atoms with Crippen LogP contribution in [0.15, 0.2) is 53.4 Å². The van der Waals surface area contributed by atoms with E-state index in [1.165, 1.54) is 0 Å². The Kier molecular flexibility index (Phi) is 3.57. The van der Waals surface area contributed by atoms with E-state index in [9.17, 15) is 13.5 Å². The minimum atomic E-state index is -3.66. The third-order valence-corrected chi connectivity index (χ3v) is 5.47. The molecule has 2 aromatic carbocycles. The minimum absolute atomic E-state index is 0.251. The number of nitrogens with one attached hydrogen (secondary N) is 1. The van der Waals surface area contributed by atoms with Gasteiger partial charge in [-0.2, -0.15) is 0 Å². The highest BCUT2D eigenvalue weighted by molar-refractivity contribution is 7.89. The zero-order chi connectivity index (χ0) is 15.0. The van der Waals surface area contributed by atoms with Crippen molar-refractivity contribution < 1.29 is 13.5 Å². The van der Waals surface area contributed by atoms with Gasteiger partial charge in [-0.1, -0.05) is 42.5 Å². The number of aryl methyl sites for hydroxylation is 1. The maximum atomic E-state index is 12.5. The monoisotopic (exact) mass is 303 g/mol. The van der Waals surface area contributed by atoms with E-state index < -0.39 is 22.2 Å². The van der Waals surface area contributed by atoms with Crippen molar-refractivity contribution in [3.8, 4) is 0 Å². The van der Waals surface area contributed by atoms with Crippen LogP contribution in [0.4, 0.5) is 0 Å². The van der Waals surface area contributed by atoms with Crippen LogP contribution in [0.3, 0.4) is 0 Å². The number of benzene rings is 2. The topological polar surface area (TPSA) is 66.4 Å². The second-order valence-electron chi connectivity index (χ2n) is 5.33. The third kappa shape index (κ3) is 2.60. The second-order valence-corrected chi connectivity index (χ2v) is 7.02. The predicted molar refractivity (Wildman–Crippen MR) is 80.4 cm³/mol. The van der Waals surface area contributed by atoms with Gasteiger partial charge in [0.1, 0.15) is 0 Å². The fourth-order valence-electron chi connectivity index (χ4n) is 2.80. The van der Waals surface area contributed by atoms with E-state index in [0.29, 0.717) is 12.0 Å². The summed E-state index contributed by atoms with van der Waals surface area (Å²) in [6.45, 7) is 1.76. The van der Waals surface area contributed by atoms with Crippen molar-refractivity contribution in [3.63, 3.8) is 0 Å². The first-order valence-corrected chi connectivity index (χ1v) is 8.31. The van der Waals surface area contributed by atoms with E-state index in [0.717, 1.165) is 11.1 Å². The second kappa shape index (κ2) is 5.26. The van der Waals surface area contributed by atoms with Gasteiger partial charge in [0.2, 0.25) is 10.0 Å². The van der Waals surface area contributed by atoms with Crippen LogP contribution in [0.2, 0.25) is 0 Å². The van der Waals surface area contributed by atoms with E-state index in [1.54, 1.807) is 31.2 Å². The molecule has 0 aromatic heterocycles. The van der Waals surface area contributed by atoms with Crippen molar-refractivity contribution in [1.29, 1.82) is 0 Å². The Morgan fingerprint density at radius 2 is 1.76 bits per heavy atom. The minimum Gasteiger partial charge on any atom is -0.391 e. The maximum absolute atomic E-state index is 12.5. The lowest BCUT2D eigenvalue weighted by atomic mass is 10.1. The highest BCUT2D eigenvalue weighted by atomic mass is 32.2. The Balaban J connectivity index is 1.95. The van der Waals surface area contributed by atoms with Crippen LogP contribution >= 0.6 is 0 Å². The molecule has 1 aliphatic carbocycles. The molecule has 5 heteroatoms. The van der Waals surface area contributed by atoms with Gasteiger partial charge in [0.25, 0.3) is 0 Å². The van der Waals surface area contributed by atoms with Crippen molar-refractivity contribution in [1.82, 2.24) is 4.72 Å². The molecule has 0 unspecified atom stereocenters. The Bertz CT molecular complexity index is 771. The highest BCUT2D eigenvalue weighted by Gasteiger charge is 2.34. The highest BCUT2D eigenvalue weighted by Crippen LogP contribution is 2.32. The summed E-state index contributed by atoms with van der Waals surface area (Å²) in [5, 5.41) is 10.2. The van der Waals surface area contributed by atoms with E-state index in [1.807, 2.05) is 24.3 Å². The third-order valence-electron chi connectivity index (χ3n) is 3.87. The van der Waals surface area contributed by atoms with Gasteiger partial charge in [-0.25, -0.2) is 13.1 Å². The molecule has 0 heterocycles. The zero-order valence-electron chi connectivity index (χ0n) is 11.7. The molecule has 2 N–H and O–H groups in total. The smallest absolute Gasteiger partial charge is 0.241 e. The standard InChI is InChI=1S/C16H17NO3S/c1-11-6-2-5-9-15(11)21(19,20)17-16-13-8-4-3-7-12(13)10-14(16)18/h2-9,14,16-18H,10H2,1H3/t14-,16+/m0/s1. The van der Waals surface area contributed by atoms with Gasteiger partial charge in [-0.05, 0) is 29.7 Å². The Labute approximate surface area is 124 Å². The molecule has 4 nitrogen and oxygen atoms in total. The number of hydrogen-bond donors (Lipinski definition) is 2. The molecule has 21 heavy (non-hydrogen) atoms. The summed E-state index contributed by atoms with van der Waals surface area (Å²) < 4.78 is 27.7. The van der Waals surface area contributed by atoms with Crippen molar-refractivity contribution in [2.45, 2.75) is 30.4 Å². The number of aliphatic hydroxyl groups excluding tert-OH is 1. The Morgan fingerprint density at radius 1 is 1.10 bits per heavy atom. The first-order valence-electron chi connectivity index (χ1n) is 6.83. The van der Waals surface area contributed by atoms with Gasteiger partial charge < -0.3 is 5.11 Å². The van der Waals surface area contributed by atoms with Crippen molar-refractivity contribution >= 4 is 10.0 Å². The summed E-state index contributed by atoms with van der Waals surface area (Å²) in [4.78, 5) is 0.251. The van der Waals surface area contributed by atoms with Gasteiger partial charge in [0.05, 0.1) is 17.0 Å². The fraction of sp³-hybridized carbons (Fsp3) is 0.250. The molecule has 0 aliphatic heterocycles. The number of hydrogen-bond acceptors (Lipinski definition) is 3. The normalized spacial score (nSPS) is 21.2. The van der Waals surface area contributed by atoms with Gasteiger partial charge in [-0.3, -0.25) is 0 Å². The van der Waals surface area contributed by atoms with E-state index in [-0.39, 0.29) is 4.90 Å². The molecular formula is C16H17NO3S. The average Bonchev–Trinajstić information content (AvgIpc) is 2.75. The molecule has 0 bridgehead atoms. The van der Waals surface area contributed by atoms with Crippen molar-refractivity contribution in [2.75, 3.05) is 0 Å². The maximum Gasteiger partial charge on any atom is 0.241 e. The van der Waals surface area contributed by atoms with Crippen LogP contribution in [-0.2, 0) is 16.4 Å². The van der Waals surface area contributed by atoms with Gasteiger partial charge >= 0.3 is 0 Å². The largest absolute Gasteiger partial charge is 0.391 e. The quantitative estimate of drug-likeness (QED) is 0.910. The molecule has 0 saturated heterocycles. The molecule has 0 fully saturated rings. The number of rotatable bonds is 3. The van der Waals surface area contributed by atoms with Crippen LogP contribution in [-0.4, -0.2) is 19.6 Å². The number of aliphatic hydroxyl groups is 1. The molecule has 0 amide bonds. The summed E-state index contributed by atoms with van der Waals surface area (Å²) in [5.41, 5.74) is 2.52. The molecular weight excluding hydrogens is 286 g/mol. The molecule has 110 valence electrons.